The molecule has 10 heteroatoms. The van der Waals surface area contributed by atoms with E-state index in [0.29, 0.717) is 16.7 Å². The van der Waals surface area contributed by atoms with Crippen LogP contribution in [0.5, 0.6) is 11.6 Å². The Morgan fingerprint density at radius 2 is 1.82 bits per heavy atom. The molecule has 10 nitrogen and oxygen atoms in total. The number of fused-ring (bicyclic) bond motifs is 1. The summed E-state index contributed by atoms with van der Waals surface area (Å²) in [5.41, 5.74) is 1.35. The molecule has 0 bridgehead atoms. The van der Waals surface area contributed by atoms with Gasteiger partial charge in [0, 0.05) is 11.5 Å². The average Bonchev–Trinajstić information content (AvgIpc) is 3.10. The van der Waals surface area contributed by atoms with Crippen LogP contribution >= 0.6 is 0 Å². The first-order valence-electron chi connectivity index (χ1n) is 9.84. The molecule has 0 aliphatic heterocycles. The molecule has 0 atom stereocenters. The maximum absolute atomic E-state index is 12.1. The summed E-state index contributed by atoms with van der Waals surface area (Å²) in [6.45, 7) is -0.611. The molecule has 33 heavy (non-hydrogen) atoms. The van der Waals surface area contributed by atoms with Crippen molar-refractivity contribution in [3.05, 3.63) is 60.2 Å². The first kappa shape index (κ1) is 23.2. The highest BCUT2D eigenvalue weighted by Gasteiger charge is 2.18. The van der Waals surface area contributed by atoms with E-state index in [9.17, 15) is 19.5 Å². The zero-order valence-electron chi connectivity index (χ0n) is 18.0. The summed E-state index contributed by atoms with van der Waals surface area (Å²) in [7, 11) is 2.80. The van der Waals surface area contributed by atoms with Gasteiger partial charge in [0.05, 0.1) is 19.7 Å². The number of aromatic nitrogens is 1. The van der Waals surface area contributed by atoms with Crippen LogP contribution in [0.1, 0.15) is 5.56 Å². The first-order chi connectivity index (χ1) is 15.9. The quantitative estimate of drug-likeness (QED) is 0.308. The van der Waals surface area contributed by atoms with Gasteiger partial charge in [-0.05, 0) is 29.8 Å². The average molecular weight is 450 g/mol. The summed E-state index contributed by atoms with van der Waals surface area (Å²) in [5.74, 6) is -1.38. The molecule has 3 rings (SSSR count). The number of carbonyl (C=O) groups is 3. The van der Waals surface area contributed by atoms with Crippen molar-refractivity contribution in [1.82, 2.24) is 9.88 Å². The SMILES string of the molecule is COC(=O)Cn1c(O)c(N=NC(=O)CNC(=O)C=Cc2ccc(OC)cc2)c2ccccc21. The van der Waals surface area contributed by atoms with Crippen LogP contribution in [-0.2, 0) is 25.7 Å². The Hall–Kier alpha value is -4.47. The van der Waals surface area contributed by atoms with Crippen molar-refractivity contribution in [2.75, 3.05) is 20.8 Å². The lowest BCUT2D eigenvalue weighted by molar-refractivity contribution is -0.141. The minimum absolute atomic E-state index is 0.0357. The van der Waals surface area contributed by atoms with E-state index in [1.54, 1.807) is 61.7 Å². The minimum Gasteiger partial charge on any atom is -0.497 e. The summed E-state index contributed by atoms with van der Waals surface area (Å²) in [5, 5.41) is 20.8. The van der Waals surface area contributed by atoms with Crippen molar-refractivity contribution in [3.63, 3.8) is 0 Å². The molecule has 170 valence electrons. The number of azo groups is 1. The maximum Gasteiger partial charge on any atom is 0.325 e. The highest BCUT2D eigenvalue weighted by Crippen LogP contribution is 2.38. The number of aromatic hydroxyl groups is 1. The van der Waals surface area contributed by atoms with E-state index < -0.39 is 17.8 Å². The van der Waals surface area contributed by atoms with Gasteiger partial charge in [-0.2, -0.15) is 0 Å². The number of carbonyl (C=O) groups excluding carboxylic acids is 3. The monoisotopic (exact) mass is 450 g/mol. The molecule has 2 amide bonds. The van der Waals surface area contributed by atoms with Crippen LogP contribution in [0.2, 0.25) is 0 Å². The van der Waals surface area contributed by atoms with E-state index in [0.717, 1.165) is 5.56 Å². The highest BCUT2D eigenvalue weighted by molar-refractivity contribution is 5.97. The fraction of sp³-hybridized carbons (Fsp3) is 0.174. The molecule has 0 spiro atoms. The molecule has 0 radical (unpaired) electrons. The molecule has 1 aromatic heterocycles. The van der Waals surface area contributed by atoms with E-state index >= 15 is 0 Å². The van der Waals surface area contributed by atoms with Gasteiger partial charge in [0.25, 0.3) is 5.91 Å². The van der Waals surface area contributed by atoms with Gasteiger partial charge in [-0.25, -0.2) is 0 Å². The van der Waals surface area contributed by atoms with Crippen LogP contribution in [0.25, 0.3) is 17.0 Å². The minimum atomic E-state index is -0.717. The lowest BCUT2D eigenvalue weighted by atomic mass is 10.2. The number of rotatable bonds is 8. The molecular weight excluding hydrogens is 428 g/mol. The molecule has 2 N–H and O–H groups in total. The van der Waals surface area contributed by atoms with Gasteiger partial charge in [0.15, 0.2) is 5.69 Å². The first-order valence-corrected chi connectivity index (χ1v) is 9.84. The topological polar surface area (TPSA) is 132 Å². The Morgan fingerprint density at radius 3 is 2.52 bits per heavy atom. The molecule has 0 unspecified atom stereocenters. The molecule has 0 fully saturated rings. The molecular formula is C23H22N4O6. The lowest BCUT2D eigenvalue weighted by Crippen LogP contribution is -2.26. The largest absolute Gasteiger partial charge is 0.497 e. The predicted molar refractivity (Wildman–Crippen MR) is 120 cm³/mol. The number of para-hydroxylation sites is 1. The molecule has 0 saturated carbocycles. The zero-order valence-corrected chi connectivity index (χ0v) is 18.0. The van der Waals surface area contributed by atoms with Crippen LogP contribution in [0.4, 0.5) is 5.69 Å². The highest BCUT2D eigenvalue weighted by atomic mass is 16.5. The fourth-order valence-corrected chi connectivity index (χ4v) is 2.97. The zero-order chi connectivity index (χ0) is 23.8. The van der Waals surface area contributed by atoms with Crippen LogP contribution < -0.4 is 10.1 Å². The summed E-state index contributed by atoms with van der Waals surface area (Å²) >= 11 is 0. The number of amides is 2. The second-order valence-electron chi connectivity index (χ2n) is 6.77. The van der Waals surface area contributed by atoms with Crippen molar-refractivity contribution in [2.45, 2.75) is 6.54 Å². The number of ether oxygens (including phenoxy) is 2. The molecule has 0 aliphatic carbocycles. The van der Waals surface area contributed by atoms with Crippen molar-refractivity contribution in [1.29, 1.82) is 0 Å². The van der Waals surface area contributed by atoms with Crippen LogP contribution in [0.15, 0.2) is 64.8 Å². The standard InChI is InChI=1S/C23H22N4O6/c1-32-16-10-7-15(8-11-16)9-12-19(28)24-13-20(29)25-26-22-17-5-3-4-6-18(17)27(23(22)31)14-21(30)33-2/h3-12,31H,13-14H2,1-2H3,(H,24,28). The second kappa shape index (κ2) is 10.7. The molecule has 1 heterocycles. The number of nitrogens with zero attached hydrogens (tertiary/aromatic N) is 3. The van der Waals surface area contributed by atoms with Gasteiger partial charge in [-0.15, -0.1) is 10.2 Å². The third-order valence-corrected chi connectivity index (χ3v) is 4.65. The van der Waals surface area contributed by atoms with Crippen molar-refractivity contribution >= 4 is 40.4 Å². The van der Waals surface area contributed by atoms with E-state index in [-0.39, 0.29) is 24.7 Å². The summed E-state index contributed by atoms with van der Waals surface area (Å²) in [6.07, 6.45) is 2.88. The van der Waals surface area contributed by atoms with E-state index in [2.05, 4.69) is 20.3 Å². The number of hydrogen-bond donors (Lipinski definition) is 2. The van der Waals surface area contributed by atoms with Gasteiger partial charge in [-0.3, -0.25) is 19.0 Å². The van der Waals surface area contributed by atoms with Gasteiger partial charge in [0.2, 0.25) is 11.8 Å². The Labute approximate surface area is 189 Å². The van der Waals surface area contributed by atoms with Gasteiger partial charge < -0.3 is 19.9 Å². The Bertz CT molecular complexity index is 1230. The number of benzene rings is 2. The van der Waals surface area contributed by atoms with Crippen LogP contribution in [0, 0.1) is 0 Å². The Balaban J connectivity index is 1.64. The normalized spacial score (nSPS) is 11.2. The third kappa shape index (κ3) is 5.82. The Morgan fingerprint density at radius 1 is 1.09 bits per heavy atom. The Kier molecular flexibility index (Phi) is 7.53. The van der Waals surface area contributed by atoms with E-state index in [4.69, 9.17) is 4.74 Å². The molecule has 2 aromatic carbocycles. The van der Waals surface area contributed by atoms with Crippen LogP contribution in [-0.4, -0.2) is 48.2 Å². The van der Waals surface area contributed by atoms with Crippen molar-refractivity contribution in [2.24, 2.45) is 10.2 Å². The van der Waals surface area contributed by atoms with Gasteiger partial charge >= 0.3 is 5.97 Å². The van der Waals surface area contributed by atoms with Gasteiger partial charge in [-0.1, -0.05) is 30.3 Å². The summed E-state index contributed by atoms with van der Waals surface area (Å²) < 4.78 is 11.0. The summed E-state index contributed by atoms with van der Waals surface area (Å²) in [6, 6.07) is 13.9. The third-order valence-electron chi connectivity index (χ3n) is 4.65. The maximum atomic E-state index is 12.1. The van der Waals surface area contributed by atoms with Crippen molar-refractivity contribution in [3.8, 4) is 11.6 Å². The molecule has 3 aromatic rings. The van der Waals surface area contributed by atoms with Crippen LogP contribution in [0.3, 0.4) is 0 Å². The number of nitrogens with one attached hydrogen (secondary N) is 1. The molecule has 0 aliphatic rings. The van der Waals surface area contributed by atoms with E-state index in [1.807, 2.05) is 0 Å². The second-order valence-corrected chi connectivity index (χ2v) is 6.77. The smallest absolute Gasteiger partial charge is 0.325 e. The van der Waals surface area contributed by atoms with Gasteiger partial charge in [0.1, 0.15) is 18.8 Å². The predicted octanol–water partition coefficient (Wildman–Crippen LogP) is 2.97. The van der Waals surface area contributed by atoms with Crippen molar-refractivity contribution < 1.29 is 29.0 Å². The fourth-order valence-electron chi connectivity index (χ4n) is 2.97. The van der Waals surface area contributed by atoms with E-state index in [1.165, 1.54) is 17.8 Å². The molecule has 0 saturated heterocycles. The number of esters is 1. The number of methoxy groups -OCH3 is 2. The summed E-state index contributed by atoms with van der Waals surface area (Å²) in [4.78, 5) is 35.7. The number of hydrogen-bond acceptors (Lipinski definition) is 7. The lowest BCUT2D eigenvalue weighted by Gasteiger charge is -2.04.